The zero-order valence-corrected chi connectivity index (χ0v) is 15.0. The third-order valence-electron chi connectivity index (χ3n) is 3.61. The first-order valence-electron chi connectivity index (χ1n) is 7.50. The van der Waals surface area contributed by atoms with E-state index in [0.29, 0.717) is 12.0 Å². The number of nitrogens with one attached hydrogen (secondary N) is 1. The van der Waals surface area contributed by atoms with E-state index in [-0.39, 0.29) is 11.8 Å². The second-order valence-corrected chi connectivity index (χ2v) is 6.67. The van der Waals surface area contributed by atoms with Gasteiger partial charge in [0, 0.05) is 10.0 Å². The normalized spacial score (nSPS) is 12.2. The molecule has 1 atom stereocenters. The van der Waals surface area contributed by atoms with Crippen LogP contribution < -0.4 is 5.32 Å². The minimum absolute atomic E-state index is 0.265. The van der Waals surface area contributed by atoms with Gasteiger partial charge in [0.15, 0.2) is 0 Å². The molecule has 5 heteroatoms. The summed E-state index contributed by atoms with van der Waals surface area (Å²) in [6.45, 7) is 3.99. The summed E-state index contributed by atoms with van der Waals surface area (Å²) in [5.74, 6) is -0.431. The topological polar surface area (TPSA) is 55.4 Å². The van der Waals surface area contributed by atoms with Crippen LogP contribution in [0.15, 0.2) is 40.9 Å². The van der Waals surface area contributed by atoms with Gasteiger partial charge in [0.2, 0.25) is 0 Å². The van der Waals surface area contributed by atoms with Crippen LogP contribution in [0.3, 0.4) is 0 Å². The van der Waals surface area contributed by atoms with Crippen LogP contribution in [0.25, 0.3) is 10.8 Å². The molecule has 23 heavy (non-hydrogen) atoms. The van der Waals surface area contributed by atoms with E-state index >= 15 is 0 Å². The van der Waals surface area contributed by atoms with Gasteiger partial charge in [-0.25, -0.2) is 4.79 Å². The average molecular weight is 378 g/mol. The number of hydrogen-bond acceptors (Lipinski definition) is 3. The highest BCUT2D eigenvalue weighted by Gasteiger charge is 2.24. The van der Waals surface area contributed by atoms with Gasteiger partial charge >= 0.3 is 5.97 Å². The Morgan fingerprint density at radius 2 is 1.78 bits per heavy atom. The molecule has 122 valence electrons. The predicted molar refractivity (Wildman–Crippen MR) is 94.4 cm³/mol. The highest BCUT2D eigenvalue weighted by molar-refractivity contribution is 9.10. The van der Waals surface area contributed by atoms with Crippen molar-refractivity contribution in [2.45, 2.75) is 26.3 Å². The lowest BCUT2D eigenvalue weighted by Gasteiger charge is -2.19. The number of carbonyl (C=O) groups excluding carboxylic acids is 2. The van der Waals surface area contributed by atoms with Crippen molar-refractivity contribution in [1.29, 1.82) is 0 Å². The van der Waals surface area contributed by atoms with Crippen LogP contribution in [0.4, 0.5) is 0 Å². The molecule has 4 nitrogen and oxygen atoms in total. The van der Waals surface area contributed by atoms with Gasteiger partial charge in [-0.1, -0.05) is 54.0 Å². The quantitative estimate of drug-likeness (QED) is 0.803. The fraction of sp³-hybridized carbons (Fsp3) is 0.333. The standard InChI is InChI=1S/C18H20BrNO3/c1-11(2)10-16(18(22)23-3)20-17(21)14-8-9-15(19)13-7-5-4-6-12(13)14/h4-9,11,16H,10H2,1-3H3,(H,20,21). The molecular formula is C18H20BrNO3. The molecule has 0 saturated heterocycles. The van der Waals surface area contributed by atoms with Gasteiger partial charge < -0.3 is 10.1 Å². The molecule has 1 unspecified atom stereocenters. The smallest absolute Gasteiger partial charge is 0.328 e. The van der Waals surface area contributed by atoms with Gasteiger partial charge in [-0.05, 0) is 35.2 Å². The van der Waals surface area contributed by atoms with E-state index in [0.717, 1.165) is 15.2 Å². The molecule has 0 bridgehead atoms. The Kier molecular flexibility index (Phi) is 5.77. The second kappa shape index (κ2) is 7.59. The Bertz CT molecular complexity index is 727. The highest BCUT2D eigenvalue weighted by Crippen LogP contribution is 2.27. The van der Waals surface area contributed by atoms with Crippen LogP contribution in [0.2, 0.25) is 0 Å². The molecule has 0 heterocycles. The molecule has 0 saturated carbocycles. The van der Waals surface area contributed by atoms with Crippen molar-refractivity contribution in [2.24, 2.45) is 5.92 Å². The van der Waals surface area contributed by atoms with Crippen molar-refractivity contribution in [3.63, 3.8) is 0 Å². The molecule has 1 N–H and O–H groups in total. The maximum Gasteiger partial charge on any atom is 0.328 e. The van der Waals surface area contributed by atoms with E-state index < -0.39 is 12.0 Å². The first-order valence-corrected chi connectivity index (χ1v) is 8.29. The number of carbonyl (C=O) groups is 2. The number of ether oxygens (including phenoxy) is 1. The van der Waals surface area contributed by atoms with Crippen molar-refractivity contribution < 1.29 is 14.3 Å². The summed E-state index contributed by atoms with van der Waals surface area (Å²) in [7, 11) is 1.33. The van der Waals surface area contributed by atoms with Crippen LogP contribution in [0.5, 0.6) is 0 Å². The van der Waals surface area contributed by atoms with Gasteiger partial charge in [0.05, 0.1) is 7.11 Å². The van der Waals surface area contributed by atoms with E-state index in [1.165, 1.54) is 7.11 Å². The molecule has 0 aliphatic carbocycles. The third-order valence-corrected chi connectivity index (χ3v) is 4.31. The zero-order valence-electron chi connectivity index (χ0n) is 13.4. The van der Waals surface area contributed by atoms with Gasteiger partial charge in [-0.2, -0.15) is 0 Å². The minimum atomic E-state index is -0.644. The Hall–Kier alpha value is -1.88. The maximum absolute atomic E-state index is 12.6. The number of esters is 1. The fourth-order valence-electron chi connectivity index (χ4n) is 2.52. The number of methoxy groups -OCH3 is 1. The molecule has 2 aromatic carbocycles. The van der Waals surface area contributed by atoms with E-state index in [2.05, 4.69) is 21.2 Å². The van der Waals surface area contributed by atoms with Crippen LogP contribution in [-0.4, -0.2) is 25.0 Å². The lowest BCUT2D eigenvalue weighted by molar-refractivity contribution is -0.143. The van der Waals surface area contributed by atoms with Crippen molar-refractivity contribution in [3.8, 4) is 0 Å². The third kappa shape index (κ3) is 4.10. The number of benzene rings is 2. The molecule has 0 fully saturated rings. The Morgan fingerprint density at radius 1 is 1.13 bits per heavy atom. The molecule has 2 rings (SSSR count). The number of halogens is 1. The number of fused-ring (bicyclic) bond motifs is 1. The van der Waals surface area contributed by atoms with Gasteiger partial charge in [-0.15, -0.1) is 0 Å². The summed E-state index contributed by atoms with van der Waals surface area (Å²) in [4.78, 5) is 24.5. The van der Waals surface area contributed by atoms with E-state index in [4.69, 9.17) is 4.74 Å². The average Bonchev–Trinajstić information content (AvgIpc) is 2.53. The summed E-state index contributed by atoms with van der Waals surface area (Å²) in [6.07, 6.45) is 0.535. The SMILES string of the molecule is COC(=O)C(CC(C)C)NC(=O)c1ccc(Br)c2ccccc12. The van der Waals surface area contributed by atoms with Crippen LogP contribution in [0, 0.1) is 5.92 Å². The summed E-state index contributed by atoms with van der Waals surface area (Å²) in [5.41, 5.74) is 0.543. The first-order chi connectivity index (χ1) is 10.9. The minimum Gasteiger partial charge on any atom is -0.467 e. The number of rotatable bonds is 5. The molecule has 0 aromatic heterocycles. The van der Waals surface area contributed by atoms with E-state index in [1.54, 1.807) is 6.07 Å². The molecule has 1 amide bonds. The van der Waals surface area contributed by atoms with Gasteiger partial charge in [0.25, 0.3) is 5.91 Å². The van der Waals surface area contributed by atoms with Crippen molar-refractivity contribution in [1.82, 2.24) is 5.32 Å². The molecule has 0 aliphatic heterocycles. The monoisotopic (exact) mass is 377 g/mol. The lowest BCUT2D eigenvalue weighted by atomic mass is 10.0. The highest BCUT2D eigenvalue weighted by atomic mass is 79.9. The second-order valence-electron chi connectivity index (χ2n) is 5.82. The zero-order chi connectivity index (χ0) is 17.0. The van der Waals surface area contributed by atoms with Gasteiger partial charge in [0.1, 0.15) is 6.04 Å². The Labute approximate surface area is 144 Å². The van der Waals surface area contributed by atoms with Crippen molar-refractivity contribution in [3.05, 3.63) is 46.4 Å². The van der Waals surface area contributed by atoms with Crippen molar-refractivity contribution in [2.75, 3.05) is 7.11 Å². The summed E-state index contributed by atoms with van der Waals surface area (Å²) < 4.78 is 5.72. The predicted octanol–water partition coefficient (Wildman–Crippen LogP) is 3.92. The van der Waals surface area contributed by atoms with E-state index in [9.17, 15) is 9.59 Å². The van der Waals surface area contributed by atoms with E-state index in [1.807, 2.05) is 44.2 Å². The maximum atomic E-state index is 12.6. The Balaban J connectivity index is 2.33. The lowest BCUT2D eigenvalue weighted by Crippen LogP contribution is -2.42. The Morgan fingerprint density at radius 3 is 2.39 bits per heavy atom. The fourth-order valence-corrected chi connectivity index (χ4v) is 3.00. The summed E-state index contributed by atoms with van der Waals surface area (Å²) in [6, 6.07) is 10.6. The summed E-state index contributed by atoms with van der Waals surface area (Å²) in [5, 5.41) is 4.60. The molecule has 0 aliphatic rings. The van der Waals surface area contributed by atoms with Crippen LogP contribution in [-0.2, 0) is 9.53 Å². The molecule has 0 spiro atoms. The summed E-state index contributed by atoms with van der Waals surface area (Å²) >= 11 is 3.49. The first kappa shape index (κ1) is 17.5. The van der Waals surface area contributed by atoms with Crippen LogP contribution >= 0.6 is 15.9 Å². The molecule has 2 aromatic rings. The number of hydrogen-bond donors (Lipinski definition) is 1. The van der Waals surface area contributed by atoms with Gasteiger partial charge in [-0.3, -0.25) is 4.79 Å². The number of amides is 1. The van der Waals surface area contributed by atoms with Crippen molar-refractivity contribution >= 4 is 38.6 Å². The molecular weight excluding hydrogens is 358 g/mol. The largest absolute Gasteiger partial charge is 0.467 e. The van der Waals surface area contributed by atoms with Crippen LogP contribution in [0.1, 0.15) is 30.6 Å². The molecule has 0 radical (unpaired) electrons.